The lowest BCUT2D eigenvalue weighted by molar-refractivity contribution is -0.114. The van der Waals surface area contributed by atoms with Crippen LogP contribution in [-0.2, 0) is 14.8 Å². The van der Waals surface area contributed by atoms with Gasteiger partial charge in [0.15, 0.2) is 0 Å². The lowest BCUT2D eigenvalue weighted by Gasteiger charge is -2.26. The Labute approximate surface area is 176 Å². The first-order valence-electron chi connectivity index (χ1n) is 9.25. The molecular weight excluding hydrogens is 402 g/mol. The fourth-order valence-electron chi connectivity index (χ4n) is 2.93. The third kappa shape index (κ3) is 4.77. The Morgan fingerprint density at radius 2 is 1.83 bits per heavy atom. The minimum atomic E-state index is -4.00. The molecule has 0 bridgehead atoms. The number of benzene rings is 2. The van der Waals surface area contributed by atoms with Crippen molar-refractivity contribution in [2.45, 2.75) is 18.7 Å². The number of nitrogens with one attached hydrogen (secondary N) is 1. The molecule has 2 aromatic carbocycles. The number of carbonyl (C=O) groups excluding carboxylic acids is 1. The van der Waals surface area contributed by atoms with E-state index in [1.54, 1.807) is 36.5 Å². The summed E-state index contributed by atoms with van der Waals surface area (Å²) < 4.78 is 33.2. The van der Waals surface area contributed by atoms with Crippen molar-refractivity contribution < 1.29 is 17.9 Å². The number of ether oxygens (including phenoxy) is 1. The zero-order chi connectivity index (χ0) is 21.7. The number of rotatable bonds is 7. The van der Waals surface area contributed by atoms with Gasteiger partial charge in [0.2, 0.25) is 5.91 Å². The van der Waals surface area contributed by atoms with E-state index in [1.165, 1.54) is 25.4 Å². The summed E-state index contributed by atoms with van der Waals surface area (Å²) in [7, 11) is -2.50. The predicted molar refractivity (Wildman–Crippen MR) is 116 cm³/mol. The van der Waals surface area contributed by atoms with Crippen LogP contribution in [0, 0.1) is 13.8 Å². The molecule has 7 nitrogen and oxygen atoms in total. The molecule has 0 spiro atoms. The number of amides is 1. The molecule has 0 aliphatic heterocycles. The molecule has 0 aliphatic rings. The van der Waals surface area contributed by atoms with Gasteiger partial charge in [-0.1, -0.05) is 12.1 Å². The molecule has 8 heteroatoms. The smallest absolute Gasteiger partial charge is 0.264 e. The Morgan fingerprint density at radius 1 is 1.10 bits per heavy atom. The van der Waals surface area contributed by atoms with Crippen LogP contribution in [-0.4, -0.2) is 33.0 Å². The summed E-state index contributed by atoms with van der Waals surface area (Å²) in [4.78, 5) is 16.7. The van der Waals surface area contributed by atoms with Gasteiger partial charge in [-0.05, 0) is 67.4 Å². The molecule has 0 fully saturated rings. The van der Waals surface area contributed by atoms with Gasteiger partial charge in [0, 0.05) is 6.20 Å². The number of sulfonamides is 1. The number of hydrogen-bond acceptors (Lipinski definition) is 5. The summed E-state index contributed by atoms with van der Waals surface area (Å²) in [6.45, 7) is 3.30. The van der Waals surface area contributed by atoms with Crippen molar-refractivity contribution in [2.24, 2.45) is 0 Å². The molecule has 1 aromatic heterocycles. The Kier molecular flexibility index (Phi) is 6.37. The highest BCUT2D eigenvalue weighted by atomic mass is 32.2. The van der Waals surface area contributed by atoms with Gasteiger partial charge in [-0.15, -0.1) is 0 Å². The summed E-state index contributed by atoms with van der Waals surface area (Å²) in [6.07, 6.45) is 3.09. The van der Waals surface area contributed by atoms with Crippen LogP contribution in [0.5, 0.6) is 5.75 Å². The van der Waals surface area contributed by atoms with E-state index in [0.29, 0.717) is 17.1 Å². The maximum atomic E-state index is 13.5. The van der Waals surface area contributed by atoms with Crippen LogP contribution < -0.4 is 14.4 Å². The van der Waals surface area contributed by atoms with E-state index in [9.17, 15) is 13.2 Å². The number of anilines is 2. The number of aryl methyl sites for hydroxylation is 2. The minimum Gasteiger partial charge on any atom is -0.497 e. The van der Waals surface area contributed by atoms with E-state index in [0.717, 1.165) is 15.4 Å². The lowest BCUT2D eigenvalue weighted by atomic mass is 10.1. The quantitative estimate of drug-likeness (QED) is 0.625. The maximum absolute atomic E-state index is 13.5. The van der Waals surface area contributed by atoms with Crippen LogP contribution in [0.2, 0.25) is 0 Å². The van der Waals surface area contributed by atoms with Crippen LogP contribution in [0.3, 0.4) is 0 Å². The fourth-order valence-corrected chi connectivity index (χ4v) is 4.41. The van der Waals surface area contributed by atoms with E-state index >= 15 is 0 Å². The molecule has 30 heavy (non-hydrogen) atoms. The van der Waals surface area contributed by atoms with Gasteiger partial charge in [0.1, 0.15) is 12.3 Å². The predicted octanol–water partition coefficient (Wildman–Crippen LogP) is 3.54. The Morgan fingerprint density at radius 3 is 2.47 bits per heavy atom. The SMILES string of the molecule is COc1ccc(S(=O)(=O)N(CC(=O)Nc2cccnc2)c2cc(C)ccc2C)cc1. The normalized spacial score (nSPS) is 11.0. The highest BCUT2D eigenvalue weighted by Crippen LogP contribution is 2.28. The van der Waals surface area contributed by atoms with Crippen molar-refractivity contribution in [1.29, 1.82) is 0 Å². The van der Waals surface area contributed by atoms with Gasteiger partial charge < -0.3 is 10.1 Å². The molecule has 3 rings (SSSR count). The van der Waals surface area contributed by atoms with Gasteiger partial charge in [-0.25, -0.2) is 8.42 Å². The van der Waals surface area contributed by atoms with E-state index in [-0.39, 0.29) is 11.4 Å². The van der Waals surface area contributed by atoms with Crippen molar-refractivity contribution in [2.75, 3.05) is 23.3 Å². The molecule has 156 valence electrons. The third-order valence-corrected chi connectivity index (χ3v) is 6.29. The number of hydrogen-bond donors (Lipinski definition) is 1. The largest absolute Gasteiger partial charge is 0.497 e. The van der Waals surface area contributed by atoms with E-state index in [4.69, 9.17) is 4.74 Å². The molecule has 0 radical (unpaired) electrons. The van der Waals surface area contributed by atoms with Crippen LogP contribution in [0.15, 0.2) is 71.9 Å². The van der Waals surface area contributed by atoms with Crippen LogP contribution >= 0.6 is 0 Å². The Balaban J connectivity index is 2.00. The molecule has 1 amide bonds. The summed E-state index contributed by atoms with van der Waals surface area (Å²) in [6, 6.07) is 14.9. The summed E-state index contributed by atoms with van der Waals surface area (Å²) >= 11 is 0. The summed E-state index contributed by atoms with van der Waals surface area (Å²) in [5, 5.41) is 2.69. The number of aromatic nitrogens is 1. The number of carbonyl (C=O) groups is 1. The van der Waals surface area contributed by atoms with Gasteiger partial charge in [0.25, 0.3) is 10.0 Å². The van der Waals surface area contributed by atoms with E-state index in [2.05, 4.69) is 10.3 Å². The van der Waals surface area contributed by atoms with Crippen molar-refractivity contribution in [3.63, 3.8) is 0 Å². The topological polar surface area (TPSA) is 88.6 Å². The van der Waals surface area contributed by atoms with Crippen molar-refractivity contribution in [3.05, 3.63) is 78.1 Å². The lowest BCUT2D eigenvalue weighted by Crippen LogP contribution is -2.38. The van der Waals surface area contributed by atoms with Gasteiger partial charge in [-0.3, -0.25) is 14.1 Å². The van der Waals surface area contributed by atoms with Gasteiger partial charge >= 0.3 is 0 Å². The van der Waals surface area contributed by atoms with E-state index < -0.39 is 15.9 Å². The van der Waals surface area contributed by atoms with Gasteiger partial charge in [-0.2, -0.15) is 0 Å². The highest BCUT2D eigenvalue weighted by Gasteiger charge is 2.28. The molecule has 1 heterocycles. The van der Waals surface area contributed by atoms with Crippen molar-refractivity contribution >= 4 is 27.3 Å². The first-order chi connectivity index (χ1) is 14.3. The summed E-state index contributed by atoms with van der Waals surface area (Å²) in [5.74, 6) is 0.0718. The summed E-state index contributed by atoms with van der Waals surface area (Å²) in [5.41, 5.74) is 2.57. The highest BCUT2D eigenvalue weighted by molar-refractivity contribution is 7.92. The Hall–Kier alpha value is -3.39. The Bertz CT molecular complexity index is 1130. The van der Waals surface area contributed by atoms with Gasteiger partial charge in [0.05, 0.1) is 29.6 Å². The first kappa shape index (κ1) is 21.3. The molecule has 0 aliphatic carbocycles. The second-order valence-electron chi connectivity index (χ2n) is 6.77. The minimum absolute atomic E-state index is 0.0679. The zero-order valence-electron chi connectivity index (χ0n) is 17.0. The second kappa shape index (κ2) is 8.96. The zero-order valence-corrected chi connectivity index (χ0v) is 17.8. The standard InChI is InChI=1S/C22H23N3O4S/c1-16-6-7-17(2)21(13-16)25(15-22(26)24-18-5-4-12-23-14-18)30(27,28)20-10-8-19(29-3)9-11-20/h4-14H,15H2,1-3H3,(H,24,26). The fraction of sp³-hybridized carbons (Fsp3) is 0.182. The first-order valence-corrected chi connectivity index (χ1v) is 10.7. The van der Waals surface area contributed by atoms with Crippen molar-refractivity contribution in [3.8, 4) is 5.75 Å². The maximum Gasteiger partial charge on any atom is 0.264 e. The molecular formula is C22H23N3O4S. The monoisotopic (exact) mass is 425 g/mol. The number of nitrogens with zero attached hydrogens (tertiary/aromatic N) is 2. The van der Waals surface area contributed by atoms with Crippen LogP contribution in [0.4, 0.5) is 11.4 Å². The number of pyridine rings is 1. The average Bonchev–Trinajstić information content (AvgIpc) is 2.74. The molecule has 0 saturated heterocycles. The number of methoxy groups -OCH3 is 1. The molecule has 0 unspecified atom stereocenters. The van der Waals surface area contributed by atoms with Crippen molar-refractivity contribution in [1.82, 2.24) is 4.98 Å². The third-order valence-electron chi connectivity index (χ3n) is 4.51. The molecule has 1 N–H and O–H groups in total. The van der Waals surface area contributed by atoms with Crippen LogP contribution in [0.1, 0.15) is 11.1 Å². The molecule has 3 aromatic rings. The molecule has 0 atom stereocenters. The second-order valence-corrected chi connectivity index (χ2v) is 8.63. The average molecular weight is 426 g/mol. The van der Waals surface area contributed by atoms with Crippen LogP contribution in [0.25, 0.3) is 0 Å². The van der Waals surface area contributed by atoms with E-state index in [1.807, 2.05) is 26.0 Å². The molecule has 0 saturated carbocycles.